The van der Waals surface area contributed by atoms with Gasteiger partial charge >= 0.3 is 0 Å². The Balaban J connectivity index is 1.82. The molecule has 2 nitrogen and oxygen atoms in total. The molecule has 1 heterocycles. The number of rotatable bonds is 8. The second kappa shape index (κ2) is 9.26. The zero-order valence-corrected chi connectivity index (χ0v) is 18.8. The molecule has 152 valence electrons. The summed E-state index contributed by atoms with van der Waals surface area (Å²) in [4.78, 5) is 0. The fourth-order valence-corrected chi connectivity index (χ4v) is 4.37. The van der Waals surface area contributed by atoms with Crippen molar-refractivity contribution in [2.75, 3.05) is 0 Å². The topological polar surface area (TPSA) is 8.81 Å². The smallest absolute Gasteiger partial charge is 0.227 e. The summed E-state index contributed by atoms with van der Waals surface area (Å²) in [7, 11) is 0. The maximum atomic E-state index is 3.83. The highest BCUT2D eigenvalue weighted by Crippen LogP contribution is 2.27. The van der Waals surface area contributed by atoms with E-state index in [0.29, 0.717) is 0 Å². The Morgan fingerprint density at radius 3 is 2.17 bits per heavy atom. The maximum absolute atomic E-state index is 3.83. The summed E-state index contributed by atoms with van der Waals surface area (Å²) in [5.41, 5.74) is 9.47. The molecule has 0 radical (unpaired) electrons. The number of aromatic nitrogens is 2. The van der Waals surface area contributed by atoms with Crippen LogP contribution in [0.25, 0.3) is 17.5 Å². The molecule has 2 heteroatoms. The van der Waals surface area contributed by atoms with Gasteiger partial charge in [-0.3, -0.25) is 0 Å². The van der Waals surface area contributed by atoms with E-state index in [9.17, 15) is 0 Å². The van der Waals surface area contributed by atoms with Gasteiger partial charge in [-0.1, -0.05) is 55.1 Å². The van der Waals surface area contributed by atoms with Crippen LogP contribution in [0.2, 0.25) is 0 Å². The minimum atomic E-state index is 0.998. The average molecular weight is 388 g/mol. The number of benzene rings is 2. The van der Waals surface area contributed by atoms with Crippen LogP contribution in [0, 0.1) is 27.7 Å². The lowest BCUT2D eigenvalue weighted by Gasteiger charge is -2.11. The number of unbranched alkanes of at least 4 members (excludes halogenated alkanes) is 1. The average Bonchev–Trinajstić information content (AvgIpc) is 2.95. The molecular formula is C27H35N2+. The minimum absolute atomic E-state index is 0.998. The van der Waals surface area contributed by atoms with Gasteiger partial charge in [-0.2, -0.15) is 0 Å². The fraction of sp³-hybridized carbons (Fsp3) is 0.370. The molecule has 0 fully saturated rings. The molecule has 0 amide bonds. The van der Waals surface area contributed by atoms with E-state index in [-0.39, 0.29) is 0 Å². The van der Waals surface area contributed by atoms with E-state index in [4.69, 9.17) is 0 Å². The Morgan fingerprint density at radius 1 is 0.931 bits per heavy atom. The molecule has 29 heavy (non-hydrogen) atoms. The third kappa shape index (κ3) is 4.37. The summed E-state index contributed by atoms with van der Waals surface area (Å²) in [5, 5.41) is 0. The third-order valence-corrected chi connectivity index (χ3v) is 6.18. The first kappa shape index (κ1) is 21.1. The van der Waals surface area contributed by atoms with Crippen molar-refractivity contribution in [1.82, 2.24) is 4.57 Å². The highest BCUT2D eigenvalue weighted by Gasteiger charge is 2.28. The molecule has 0 unspecified atom stereocenters. The molecule has 2 aromatic carbocycles. The molecule has 0 aliphatic rings. The van der Waals surface area contributed by atoms with Gasteiger partial charge in [0.2, 0.25) is 0 Å². The lowest BCUT2D eigenvalue weighted by Crippen LogP contribution is -2.38. The number of hydrogen-bond acceptors (Lipinski definition) is 0. The highest BCUT2D eigenvalue weighted by atomic mass is 15.2. The fourth-order valence-electron chi connectivity index (χ4n) is 4.37. The van der Waals surface area contributed by atoms with E-state index in [1.807, 2.05) is 6.08 Å². The Kier molecular flexibility index (Phi) is 6.74. The Hall–Kier alpha value is -2.61. The van der Waals surface area contributed by atoms with Gasteiger partial charge < -0.3 is 0 Å². The molecule has 0 spiro atoms. The van der Waals surface area contributed by atoms with Gasteiger partial charge in [-0.05, 0) is 62.3 Å². The zero-order valence-electron chi connectivity index (χ0n) is 18.8. The second-order valence-corrected chi connectivity index (χ2v) is 8.06. The van der Waals surface area contributed by atoms with Crippen molar-refractivity contribution in [2.45, 2.75) is 67.0 Å². The Morgan fingerprint density at radius 2 is 1.59 bits per heavy atom. The van der Waals surface area contributed by atoms with E-state index in [1.165, 1.54) is 57.9 Å². The number of aryl methyl sites for hydroxylation is 3. The molecule has 0 saturated heterocycles. The molecule has 0 aliphatic carbocycles. The van der Waals surface area contributed by atoms with Crippen molar-refractivity contribution in [3.05, 3.63) is 82.7 Å². The first-order valence-electron chi connectivity index (χ1n) is 10.8. The summed E-state index contributed by atoms with van der Waals surface area (Å²) in [6, 6.07) is 15.4. The molecule has 0 bridgehead atoms. The van der Waals surface area contributed by atoms with Crippen LogP contribution in [0.4, 0.5) is 0 Å². The van der Waals surface area contributed by atoms with Gasteiger partial charge in [0.05, 0.1) is 18.7 Å². The van der Waals surface area contributed by atoms with Crippen molar-refractivity contribution in [3.8, 4) is 11.4 Å². The predicted octanol–water partition coefficient (Wildman–Crippen LogP) is 6.36. The quantitative estimate of drug-likeness (QED) is 0.314. The van der Waals surface area contributed by atoms with Crippen molar-refractivity contribution >= 4 is 6.08 Å². The van der Waals surface area contributed by atoms with E-state index in [2.05, 4.69) is 92.8 Å². The van der Waals surface area contributed by atoms with E-state index in [1.54, 1.807) is 0 Å². The Bertz CT molecular complexity index is 970. The van der Waals surface area contributed by atoms with Crippen LogP contribution >= 0.6 is 0 Å². The monoisotopic (exact) mass is 387 g/mol. The predicted molar refractivity (Wildman–Crippen MR) is 124 cm³/mol. The summed E-state index contributed by atoms with van der Waals surface area (Å²) in [6.07, 6.45) is 5.41. The summed E-state index contributed by atoms with van der Waals surface area (Å²) < 4.78 is 5.04. The third-order valence-electron chi connectivity index (χ3n) is 6.18. The molecule has 3 aromatic rings. The second-order valence-electron chi connectivity index (χ2n) is 8.06. The van der Waals surface area contributed by atoms with E-state index in [0.717, 1.165) is 19.5 Å². The molecule has 0 aliphatic heterocycles. The van der Waals surface area contributed by atoms with Gasteiger partial charge in [0.15, 0.2) is 0 Å². The summed E-state index contributed by atoms with van der Waals surface area (Å²) >= 11 is 0. The standard InChI is InChI=1S/C27H35N2/c1-7-24-15-17-25(18-16-24)14-9-10-19-29-23(6)22(5)28(8-2)27(29)26-20(3)12-11-13-21(26)4/h7,11-13,15-18H,1,8-10,14,19H2,2-6H3/q+1. The zero-order chi connectivity index (χ0) is 21.0. The molecular weight excluding hydrogens is 352 g/mol. The minimum Gasteiger partial charge on any atom is -0.227 e. The van der Waals surface area contributed by atoms with Crippen molar-refractivity contribution in [2.24, 2.45) is 0 Å². The number of hydrogen-bond donors (Lipinski definition) is 0. The Labute approximate surface area is 176 Å². The SMILES string of the molecule is C=Cc1ccc(CCCC[n+]2c(C)c(C)n(CC)c2-c2c(C)cccc2C)cc1. The van der Waals surface area contributed by atoms with Crippen LogP contribution in [0.15, 0.2) is 49.0 Å². The van der Waals surface area contributed by atoms with Gasteiger partial charge in [0, 0.05) is 13.8 Å². The van der Waals surface area contributed by atoms with Crippen LogP contribution in [-0.2, 0) is 19.5 Å². The summed E-state index contributed by atoms with van der Waals surface area (Å²) in [5.74, 6) is 1.37. The van der Waals surface area contributed by atoms with Gasteiger partial charge in [-0.25, -0.2) is 9.13 Å². The molecule has 0 N–H and O–H groups in total. The highest BCUT2D eigenvalue weighted by molar-refractivity contribution is 5.63. The van der Waals surface area contributed by atoms with Crippen LogP contribution in [0.5, 0.6) is 0 Å². The molecule has 0 atom stereocenters. The largest absolute Gasteiger partial charge is 0.289 e. The van der Waals surface area contributed by atoms with Gasteiger partial charge in [0.25, 0.3) is 5.82 Å². The van der Waals surface area contributed by atoms with Crippen LogP contribution in [0.1, 0.15) is 53.4 Å². The van der Waals surface area contributed by atoms with Gasteiger partial charge in [-0.15, -0.1) is 0 Å². The van der Waals surface area contributed by atoms with Gasteiger partial charge in [0.1, 0.15) is 11.4 Å². The summed E-state index contributed by atoms with van der Waals surface area (Å²) in [6.45, 7) is 17.1. The van der Waals surface area contributed by atoms with Crippen molar-refractivity contribution < 1.29 is 4.57 Å². The van der Waals surface area contributed by atoms with Crippen molar-refractivity contribution in [3.63, 3.8) is 0 Å². The van der Waals surface area contributed by atoms with E-state index >= 15 is 0 Å². The molecule has 1 aromatic heterocycles. The number of imidazole rings is 1. The van der Waals surface area contributed by atoms with Crippen LogP contribution in [0.3, 0.4) is 0 Å². The molecule has 0 saturated carbocycles. The first-order chi connectivity index (χ1) is 14.0. The molecule has 3 rings (SSSR count). The van der Waals surface area contributed by atoms with Crippen LogP contribution in [-0.4, -0.2) is 4.57 Å². The van der Waals surface area contributed by atoms with Crippen LogP contribution < -0.4 is 4.57 Å². The van der Waals surface area contributed by atoms with E-state index < -0.39 is 0 Å². The lowest BCUT2D eigenvalue weighted by atomic mass is 10.0. The lowest BCUT2D eigenvalue weighted by molar-refractivity contribution is -0.691. The normalized spacial score (nSPS) is 11.1. The maximum Gasteiger partial charge on any atom is 0.289 e. The number of nitrogens with zero attached hydrogens (tertiary/aromatic N) is 2. The first-order valence-corrected chi connectivity index (χ1v) is 10.8. The van der Waals surface area contributed by atoms with Crippen molar-refractivity contribution in [1.29, 1.82) is 0 Å².